The molecule has 1 aliphatic heterocycles. The van der Waals surface area contributed by atoms with Crippen molar-refractivity contribution in [3.05, 3.63) is 33.4 Å². The molecule has 0 aliphatic carbocycles. The highest BCUT2D eigenvalue weighted by molar-refractivity contribution is 8.13. The number of amides is 1. The van der Waals surface area contributed by atoms with Gasteiger partial charge < -0.3 is 4.90 Å². The summed E-state index contributed by atoms with van der Waals surface area (Å²) in [6.07, 6.45) is 0.0103. The van der Waals surface area contributed by atoms with E-state index < -0.39 is 19.9 Å². The lowest BCUT2D eigenvalue weighted by atomic mass is 10.1. The monoisotopic (exact) mass is 346 g/mol. The van der Waals surface area contributed by atoms with Crippen molar-refractivity contribution in [2.24, 2.45) is 5.92 Å². The molecule has 9 heteroatoms. The predicted molar refractivity (Wildman–Crippen MR) is 82.7 cm³/mol. The molecule has 0 bridgehead atoms. The molecular weight excluding hydrogens is 332 g/mol. The summed E-state index contributed by atoms with van der Waals surface area (Å²) in [7, 11) is 1.50. The summed E-state index contributed by atoms with van der Waals surface area (Å²) in [5.74, 6) is -1.12. The van der Waals surface area contributed by atoms with Crippen LogP contribution in [0.25, 0.3) is 0 Å². The van der Waals surface area contributed by atoms with Gasteiger partial charge in [-0.2, -0.15) is 0 Å². The summed E-state index contributed by atoms with van der Waals surface area (Å²) < 4.78 is 22.3. The summed E-state index contributed by atoms with van der Waals surface area (Å²) in [6.45, 7) is 3.53. The fourth-order valence-electron chi connectivity index (χ4n) is 2.82. The van der Waals surface area contributed by atoms with Crippen molar-refractivity contribution in [1.29, 1.82) is 0 Å². The van der Waals surface area contributed by atoms with Gasteiger partial charge in [-0.15, -0.1) is 0 Å². The summed E-state index contributed by atoms with van der Waals surface area (Å²) in [4.78, 5) is 24.2. The Bertz CT molecular complexity index is 747. The molecular formula is C13H15ClN2O5S. The van der Waals surface area contributed by atoms with Gasteiger partial charge in [0.25, 0.3) is 5.69 Å². The average Bonchev–Trinajstić information content (AvgIpc) is 2.66. The van der Waals surface area contributed by atoms with Crippen LogP contribution in [0.3, 0.4) is 0 Å². The van der Waals surface area contributed by atoms with Crippen molar-refractivity contribution in [1.82, 2.24) is 0 Å². The van der Waals surface area contributed by atoms with Gasteiger partial charge in [-0.25, -0.2) is 8.42 Å². The van der Waals surface area contributed by atoms with Crippen molar-refractivity contribution in [3.8, 4) is 0 Å². The van der Waals surface area contributed by atoms with E-state index in [1.54, 1.807) is 19.9 Å². The van der Waals surface area contributed by atoms with Crippen LogP contribution in [0.1, 0.15) is 17.5 Å². The molecule has 0 spiro atoms. The van der Waals surface area contributed by atoms with E-state index in [1.165, 1.54) is 11.0 Å². The third kappa shape index (κ3) is 3.56. The number of nitrogens with zero attached hydrogens (tertiary/aromatic N) is 2. The highest BCUT2D eigenvalue weighted by Gasteiger charge is 2.37. The molecule has 1 atom stereocenters. The standard InChI is InChI=1S/C13H15ClN2O5S/c1-8-3-9(2)13(11(4-8)16(18)19)15-6-10(5-12(15)17)7-22(14,20)21/h3-4,10H,5-7H2,1-2H3. The van der Waals surface area contributed by atoms with Crippen molar-refractivity contribution in [2.75, 3.05) is 17.2 Å². The Labute approximate surface area is 132 Å². The van der Waals surface area contributed by atoms with Gasteiger partial charge in [-0.1, -0.05) is 6.07 Å². The molecule has 1 fully saturated rings. The Morgan fingerprint density at radius 3 is 2.59 bits per heavy atom. The molecule has 22 heavy (non-hydrogen) atoms. The van der Waals surface area contributed by atoms with Gasteiger partial charge in [0.15, 0.2) is 0 Å². The van der Waals surface area contributed by atoms with Gasteiger partial charge in [-0.05, 0) is 25.0 Å². The Kier molecular flexibility index (Phi) is 4.44. The molecule has 0 radical (unpaired) electrons. The maximum Gasteiger partial charge on any atom is 0.293 e. The smallest absolute Gasteiger partial charge is 0.293 e. The highest BCUT2D eigenvalue weighted by Crippen LogP contribution is 2.37. The second-order valence-electron chi connectivity index (χ2n) is 5.49. The van der Waals surface area contributed by atoms with Crippen LogP contribution in [0, 0.1) is 29.9 Å². The molecule has 0 aromatic heterocycles. The SMILES string of the molecule is Cc1cc(C)c(N2CC(CS(=O)(=O)Cl)CC2=O)c([N+](=O)[O-])c1. The minimum Gasteiger partial charge on any atom is -0.306 e. The second kappa shape index (κ2) is 5.85. The normalized spacial score (nSPS) is 18.8. The summed E-state index contributed by atoms with van der Waals surface area (Å²) in [5, 5.41) is 11.3. The van der Waals surface area contributed by atoms with E-state index in [-0.39, 0.29) is 36.0 Å². The quantitative estimate of drug-likeness (QED) is 0.472. The first-order valence-electron chi connectivity index (χ1n) is 6.57. The molecule has 1 aromatic rings. The highest BCUT2D eigenvalue weighted by atomic mass is 35.7. The molecule has 1 aromatic carbocycles. The van der Waals surface area contributed by atoms with Crippen molar-refractivity contribution < 1.29 is 18.1 Å². The van der Waals surface area contributed by atoms with Crippen LogP contribution in [0.5, 0.6) is 0 Å². The van der Waals surface area contributed by atoms with E-state index in [1.807, 2.05) is 0 Å². The van der Waals surface area contributed by atoms with Crippen molar-refractivity contribution >= 4 is 37.0 Å². The van der Waals surface area contributed by atoms with Gasteiger partial charge in [0.2, 0.25) is 15.0 Å². The number of carbonyl (C=O) groups is 1. The first-order chi connectivity index (χ1) is 10.1. The largest absolute Gasteiger partial charge is 0.306 e. The van der Waals surface area contributed by atoms with Crippen LogP contribution >= 0.6 is 10.7 Å². The van der Waals surface area contributed by atoms with Gasteiger partial charge in [0, 0.05) is 35.6 Å². The first-order valence-corrected chi connectivity index (χ1v) is 9.04. The van der Waals surface area contributed by atoms with Crippen molar-refractivity contribution in [3.63, 3.8) is 0 Å². The van der Waals surface area contributed by atoms with Gasteiger partial charge in [0.1, 0.15) is 5.69 Å². The molecule has 120 valence electrons. The van der Waals surface area contributed by atoms with E-state index in [4.69, 9.17) is 10.7 Å². The number of anilines is 1. The molecule has 1 amide bonds. The van der Waals surface area contributed by atoms with E-state index in [9.17, 15) is 23.3 Å². The Morgan fingerprint density at radius 2 is 2.05 bits per heavy atom. The minimum atomic E-state index is -3.72. The topological polar surface area (TPSA) is 97.6 Å². The zero-order chi connectivity index (χ0) is 16.7. The number of hydrogen-bond acceptors (Lipinski definition) is 5. The summed E-state index contributed by atoms with van der Waals surface area (Å²) in [5.41, 5.74) is 1.41. The predicted octanol–water partition coefficient (Wildman–Crippen LogP) is 2.13. The summed E-state index contributed by atoms with van der Waals surface area (Å²) in [6, 6.07) is 3.16. The lowest BCUT2D eigenvalue weighted by molar-refractivity contribution is -0.384. The number of aryl methyl sites for hydroxylation is 2. The Morgan fingerprint density at radius 1 is 1.41 bits per heavy atom. The molecule has 2 rings (SSSR count). The number of nitro benzene ring substituents is 1. The fraction of sp³-hybridized carbons (Fsp3) is 0.462. The molecule has 1 saturated heterocycles. The maximum atomic E-state index is 12.1. The summed E-state index contributed by atoms with van der Waals surface area (Å²) >= 11 is 0. The zero-order valence-corrected chi connectivity index (χ0v) is 13.6. The second-order valence-corrected chi connectivity index (χ2v) is 8.31. The number of rotatable bonds is 4. The molecule has 0 N–H and O–H groups in total. The third-order valence-corrected chi connectivity index (χ3v) is 4.78. The molecule has 1 aliphatic rings. The van der Waals surface area contributed by atoms with Crippen LogP contribution in [-0.4, -0.2) is 31.5 Å². The van der Waals surface area contributed by atoms with E-state index >= 15 is 0 Å². The third-order valence-electron chi connectivity index (χ3n) is 3.53. The number of benzene rings is 1. The lowest BCUT2D eigenvalue weighted by Gasteiger charge is -2.19. The van der Waals surface area contributed by atoms with Gasteiger partial charge >= 0.3 is 0 Å². The van der Waals surface area contributed by atoms with Gasteiger partial charge in [-0.3, -0.25) is 14.9 Å². The number of carbonyl (C=O) groups excluding carboxylic acids is 1. The number of halogens is 1. The molecule has 1 heterocycles. The Hall–Kier alpha value is -1.67. The fourth-order valence-corrected chi connectivity index (χ4v) is 4.14. The lowest BCUT2D eigenvalue weighted by Crippen LogP contribution is -2.27. The van der Waals surface area contributed by atoms with Crippen LogP contribution in [0.2, 0.25) is 0 Å². The zero-order valence-electron chi connectivity index (χ0n) is 12.1. The molecule has 7 nitrogen and oxygen atoms in total. The Balaban J connectivity index is 2.40. The van der Waals surface area contributed by atoms with E-state index in [0.29, 0.717) is 5.56 Å². The number of hydrogen-bond donors (Lipinski definition) is 0. The molecule has 1 unspecified atom stereocenters. The van der Waals surface area contributed by atoms with Crippen LogP contribution in [0.15, 0.2) is 12.1 Å². The first kappa shape index (κ1) is 16.7. The van der Waals surface area contributed by atoms with E-state index in [0.717, 1.165) is 5.56 Å². The minimum absolute atomic E-state index is 0.0103. The maximum absolute atomic E-state index is 12.1. The molecule has 0 saturated carbocycles. The average molecular weight is 347 g/mol. The van der Waals surface area contributed by atoms with Crippen LogP contribution < -0.4 is 4.90 Å². The van der Waals surface area contributed by atoms with E-state index in [2.05, 4.69) is 0 Å². The van der Waals surface area contributed by atoms with Crippen LogP contribution in [-0.2, 0) is 13.8 Å². The number of nitro groups is 1. The van der Waals surface area contributed by atoms with Gasteiger partial charge in [0.05, 0.1) is 10.7 Å². The van der Waals surface area contributed by atoms with Crippen LogP contribution in [0.4, 0.5) is 11.4 Å². The van der Waals surface area contributed by atoms with Crippen molar-refractivity contribution in [2.45, 2.75) is 20.3 Å².